The van der Waals surface area contributed by atoms with Crippen LogP contribution in [0, 0.1) is 0 Å². The predicted molar refractivity (Wildman–Crippen MR) is 93.0 cm³/mol. The van der Waals surface area contributed by atoms with Crippen molar-refractivity contribution in [2.45, 2.75) is 32.1 Å². The molecule has 1 heterocycles. The van der Waals surface area contributed by atoms with Gasteiger partial charge in [-0.25, -0.2) is 4.99 Å². The van der Waals surface area contributed by atoms with Gasteiger partial charge in [-0.1, -0.05) is 28.1 Å². The number of benzene rings is 1. The molecule has 2 rings (SSSR count). The van der Waals surface area contributed by atoms with Gasteiger partial charge >= 0.3 is 6.18 Å². The van der Waals surface area contributed by atoms with Crippen molar-refractivity contribution >= 4 is 21.9 Å². The van der Waals surface area contributed by atoms with Crippen LogP contribution in [0.5, 0.6) is 0 Å². The molecule has 1 aliphatic heterocycles. The quantitative estimate of drug-likeness (QED) is 0.582. The van der Waals surface area contributed by atoms with Crippen LogP contribution >= 0.6 is 15.9 Å². The van der Waals surface area contributed by atoms with Crippen molar-refractivity contribution in [2.24, 2.45) is 4.99 Å². The van der Waals surface area contributed by atoms with Crippen LogP contribution in [-0.2, 0) is 6.54 Å². The Bertz CT molecular complexity index is 562. The smallest absolute Gasteiger partial charge is 0.357 e. The van der Waals surface area contributed by atoms with Crippen molar-refractivity contribution in [3.05, 3.63) is 34.3 Å². The topological polar surface area (TPSA) is 39.7 Å². The SMILES string of the molecule is CCNC(=NCc1cccc(Br)c1)NC1CCN(CC(F)(F)F)C1. The van der Waals surface area contributed by atoms with E-state index in [9.17, 15) is 13.2 Å². The fourth-order valence-corrected chi connectivity index (χ4v) is 3.11. The van der Waals surface area contributed by atoms with Crippen LogP contribution in [0.3, 0.4) is 0 Å². The van der Waals surface area contributed by atoms with Gasteiger partial charge in [0.15, 0.2) is 5.96 Å². The van der Waals surface area contributed by atoms with E-state index in [1.807, 2.05) is 31.2 Å². The third kappa shape index (κ3) is 6.68. The van der Waals surface area contributed by atoms with Gasteiger partial charge < -0.3 is 10.6 Å². The Balaban J connectivity index is 1.90. The highest BCUT2D eigenvalue weighted by atomic mass is 79.9. The summed E-state index contributed by atoms with van der Waals surface area (Å²) in [6, 6.07) is 7.85. The van der Waals surface area contributed by atoms with E-state index in [1.165, 1.54) is 4.90 Å². The summed E-state index contributed by atoms with van der Waals surface area (Å²) in [7, 11) is 0. The number of nitrogens with zero attached hydrogens (tertiary/aromatic N) is 2. The van der Waals surface area contributed by atoms with E-state index in [0.29, 0.717) is 38.6 Å². The van der Waals surface area contributed by atoms with Crippen molar-refractivity contribution in [3.8, 4) is 0 Å². The number of likely N-dealkylation sites (tertiary alicyclic amines) is 1. The van der Waals surface area contributed by atoms with Crippen molar-refractivity contribution in [1.29, 1.82) is 0 Å². The number of guanidine groups is 1. The molecule has 1 unspecified atom stereocenters. The van der Waals surface area contributed by atoms with Gasteiger partial charge in [0.05, 0.1) is 13.1 Å². The van der Waals surface area contributed by atoms with Crippen LogP contribution < -0.4 is 10.6 Å². The second-order valence-corrected chi connectivity index (χ2v) is 6.72. The van der Waals surface area contributed by atoms with Crippen molar-refractivity contribution in [2.75, 3.05) is 26.2 Å². The van der Waals surface area contributed by atoms with Crippen LogP contribution in [0.15, 0.2) is 33.7 Å². The monoisotopic (exact) mass is 406 g/mol. The molecule has 1 atom stereocenters. The number of nitrogens with one attached hydrogen (secondary N) is 2. The number of rotatable bonds is 5. The first-order valence-electron chi connectivity index (χ1n) is 7.94. The fourth-order valence-electron chi connectivity index (χ4n) is 2.67. The minimum absolute atomic E-state index is 0.0207. The second-order valence-electron chi connectivity index (χ2n) is 5.81. The Morgan fingerprint density at radius 1 is 1.42 bits per heavy atom. The zero-order valence-corrected chi connectivity index (χ0v) is 15.1. The van der Waals surface area contributed by atoms with Crippen LogP contribution in [0.2, 0.25) is 0 Å². The lowest BCUT2D eigenvalue weighted by atomic mass is 10.2. The molecule has 0 spiro atoms. The highest BCUT2D eigenvalue weighted by molar-refractivity contribution is 9.10. The highest BCUT2D eigenvalue weighted by Gasteiger charge is 2.34. The Morgan fingerprint density at radius 2 is 2.21 bits per heavy atom. The minimum atomic E-state index is -4.14. The largest absolute Gasteiger partial charge is 0.401 e. The van der Waals surface area contributed by atoms with E-state index in [4.69, 9.17) is 0 Å². The molecule has 0 aromatic heterocycles. The van der Waals surface area contributed by atoms with Crippen molar-refractivity contribution < 1.29 is 13.2 Å². The molecule has 0 bridgehead atoms. The number of alkyl halides is 3. The molecule has 0 amide bonds. The Hall–Kier alpha value is -1.28. The Morgan fingerprint density at radius 3 is 2.88 bits per heavy atom. The van der Waals surface area contributed by atoms with E-state index >= 15 is 0 Å². The number of hydrogen-bond acceptors (Lipinski definition) is 2. The van der Waals surface area contributed by atoms with Gasteiger partial charge in [-0.3, -0.25) is 4.90 Å². The van der Waals surface area contributed by atoms with E-state index in [-0.39, 0.29) is 6.04 Å². The molecule has 24 heavy (non-hydrogen) atoms. The molecule has 1 aromatic carbocycles. The molecule has 1 fully saturated rings. The van der Waals surface area contributed by atoms with Gasteiger partial charge in [0.1, 0.15) is 0 Å². The normalized spacial score (nSPS) is 19.5. The first-order chi connectivity index (χ1) is 11.4. The molecule has 4 nitrogen and oxygen atoms in total. The summed E-state index contributed by atoms with van der Waals surface area (Å²) in [4.78, 5) is 5.95. The molecule has 1 aliphatic rings. The zero-order valence-electron chi connectivity index (χ0n) is 13.5. The second kappa shape index (κ2) is 8.71. The fraction of sp³-hybridized carbons (Fsp3) is 0.562. The molecular formula is C16H22BrF3N4. The van der Waals surface area contributed by atoms with Crippen molar-refractivity contribution in [1.82, 2.24) is 15.5 Å². The van der Waals surface area contributed by atoms with Gasteiger partial charge in [-0.05, 0) is 31.0 Å². The molecule has 0 saturated carbocycles. The summed E-state index contributed by atoms with van der Waals surface area (Å²) in [5.74, 6) is 0.635. The average molecular weight is 407 g/mol. The van der Waals surface area contributed by atoms with E-state index in [1.54, 1.807) is 0 Å². The molecule has 1 aromatic rings. The minimum Gasteiger partial charge on any atom is -0.357 e. The zero-order chi connectivity index (χ0) is 17.6. The lowest BCUT2D eigenvalue weighted by Crippen LogP contribution is -2.45. The van der Waals surface area contributed by atoms with Crippen molar-refractivity contribution in [3.63, 3.8) is 0 Å². The molecule has 0 radical (unpaired) electrons. The summed E-state index contributed by atoms with van der Waals surface area (Å²) in [6.45, 7) is 3.14. The van der Waals surface area contributed by atoms with Gasteiger partial charge in [-0.15, -0.1) is 0 Å². The maximum atomic E-state index is 12.5. The third-order valence-corrected chi connectivity index (χ3v) is 4.16. The summed E-state index contributed by atoms with van der Waals surface area (Å²) in [5.41, 5.74) is 1.06. The molecule has 8 heteroatoms. The predicted octanol–water partition coefficient (Wildman–Crippen LogP) is 3.14. The first-order valence-corrected chi connectivity index (χ1v) is 8.73. The summed E-state index contributed by atoms with van der Waals surface area (Å²) in [6.07, 6.45) is -3.47. The third-order valence-electron chi connectivity index (χ3n) is 3.67. The maximum absolute atomic E-state index is 12.5. The first kappa shape index (κ1) is 19.1. The van der Waals surface area contributed by atoms with Crippen LogP contribution in [0.25, 0.3) is 0 Å². The summed E-state index contributed by atoms with van der Waals surface area (Å²) in [5, 5.41) is 6.38. The Kier molecular flexibility index (Phi) is 6.91. The molecule has 1 saturated heterocycles. The number of halogens is 4. The number of hydrogen-bond donors (Lipinski definition) is 2. The average Bonchev–Trinajstić information content (AvgIpc) is 2.90. The van der Waals surface area contributed by atoms with Gasteiger partial charge in [-0.2, -0.15) is 13.2 Å². The summed E-state index contributed by atoms with van der Waals surface area (Å²) < 4.78 is 38.4. The van der Waals surface area contributed by atoms with Gasteiger partial charge in [0, 0.05) is 30.1 Å². The lowest BCUT2D eigenvalue weighted by Gasteiger charge is -2.19. The van der Waals surface area contributed by atoms with Gasteiger partial charge in [0.25, 0.3) is 0 Å². The molecular weight excluding hydrogens is 385 g/mol. The lowest BCUT2D eigenvalue weighted by molar-refractivity contribution is -0.143. The van der Waals surface area contributed by atoms with Crippen LogP contribution in [0.4, 0.5) is 13.2 Å². The maximum Gasteiger partial charge on any atom is 0.401 e. The van der Waals surface area contributed by atoms with Gasteiger partial charge in [0.2, 0.25) is 0 Å². The Labute approximate surface area is 148 Å². The standard InChI is InChI=1S/C16H22BrF3N4/c1-2-21-15(22-9-12-4-3-5-13(17)8-12)23-14-6-7-24(10-14)11-16(18,19)20/h3-5,8,14H,2,6-7,9-11H2,1H3,(H2,21,22,23). The van der Waals surface area contributed by atoms with E-state index in [0.717, 1.165) is 10.0 Å². The molecule has 2 N–H and O–H groups in total. The van der Waals surface area contributed by atoms with E-state index in [2.05, 4.69) is 31.6 Å². The number of aliphatic imine (C=N–C) groups is 1. The van der Waals surface area contributed by atoms with E-state index < -0.39 is 12.7 Å². The molecule has 134 valence electrons. The van der Waals surface area contributed by atoms with Crippen LogP contribution in [-0.4, -0.2) is 49.3 Å². The molecule has 0 aliphatic carbocycles. The highest BCUT2D eigenvalue weighted by Crippen LogP contribution is 2.20. The van der Waals surface area contributed by atoms with Crippen LogP contribution in [0.1, 0.15) is 18.9 Å². The summed E-state index contributed by atoms with van der Waals surface area (Å²) >= 11 is 3.42.